The standard InChI is InChI=1S/C15H19F3N2OS/c1-9(2)20-7-11(8-20)15(17,18)13-6-4-5-12(14(13)16)10(3)19-22-21/h4-6,9,11,22H,7-8H2,1-3H3/b19-10-. The van der Waals surface area contributed by atoms with Crippen LogP contribution in [0.4, 0.5) is 13.2 Å². The number of likely N-dealkylation sites (tertiary alicyclic amines) is 1. The van der Waals surface area contributed by atoms with Gasteiger partial charge in [0.05, 0.1) is 17.2 Å². The zero-order valence-electron chi connectivity index (χ0n) is 12.7. The monoisotopic (exact) mass is 332 g/mol. The van der Waals surface area contributed by atoms with Gasteiger partial charge in [0, 0.05) is 24.7 Å². The van der Waals surface area contributed by atoms with Crippen LogP contribution in [0, 0.1) is 11.7 Å². The Morgan fingerprint density at radius 3 is 2.59 bits per heavy atom. The van der Waals surface area contributed by atoms with Crippen LogP contribution >= 0.6 is 0 Å². The van der Waals surface area contributed by atoms with E-state index in [-0.39, 0.29) is 30.4 Å². The Bertz CT molecular complexity index is 598. The van der Waals surface area contributed by atoms with E-state index in [0.29, 0.717) is 0 Å². The number of halogens is 3. The van der Waals surface area contributed by atoms with Gasteiger partial charge in [-0.1, -0.05) is 18.2 Å². The lowest BCUT2D eigenvalue weighted by Gasteiger charge is -2.45. The largest absolute Gasteiger partial charge is 0.300 e. The molecule has 2 rings (SSSR count). The number of alkyl halides is 2. The molecule has 22 heavy (non-hydrogen) atoms. The predicted molar refractivity (Wildman–Crippen MR) is 82.2 cm³/mol. The Hall–Kier alpha value is -1.21. The summed E-state index contributed by atoms with van der Waals surface area (Å²) in [4.78, 5) is 1.92. The minimum atomic E-state index is -3.24. The summed E-state index contributed by atoms with van der Waals surface area (Å²) in [5.74, 6) is -5.11. The first-order valence-corrected chi connectivity index (χ1v) is 7.83. The predicted octanol–water partition coefficient (Wildman–Crippen LogP) is 2.93. The summed E-state index contributed by atoms with van der Waals surface area (Å²) in [7, 11) is 0. The maximum absolute atomic E-state index is 14.6. The van der Waals surface area contributed by atoms with E-state index in [0.717, 1.165) is 6.07 Å². The number of rotatable bonds is 5. The van der Waals surface area contributed by atoms with Crippen molar-refractivity contribution in [2.24, 2.45) is 10.3 Å². The van der Waals surface area contributed by atoms with Crippen molar-refractivity contribution >= 4 is 17.6 Å². The summed E-state index contributed by atoms with van der Waals surface area (Å²) < 4.78 is 57.6. The van der Waals surface area contributed by atoms with Crippen molar-refractivity contribution in [3.8, 4) is 0 Å². The highest BCUT2D eigenvalue weighted by molar-refractivity contribution is 7.64. The normalized spacial score (nSPS) is 17.9. The lowest BCUT2D eigenvalue weighted by atomic mass is 9.86. The van der Waals surface area contributed by atoms with Crippen LogP contribution in [0.5, 0.6) is 0 Å². The Kier molecular flexibility index (Phi) is 5.07. The van der Waals surface area contributed by atoms with Crippen LogP contribution in [0.1, 0.15) is 31.9 Å². The molecule has 1 aliphatic rings. The summed E-state index contributed by atoms with van der Waals surface area (Å²) in [6.45, 7) is 5.82. The zero-order chi connectivity index (χ0) is 16.5. The summed E-state index contributed by atoms with van der Waals surface area (Å²) in [6, 6.07) is 4.05. The molecule has 1 fully saturated rings. The molecular weight excluding hydrogens is 313 g/mol. The summed E-state index contributed by atoms with van der Waals surface area (Å²) >= 11 is -0.525. The molecule has 0 atom stereocenters. The van der Waals surface area contributed by atoms with E-state index in [1.165, 1.54) is 19.1 Å². The first kappa shape index (κ1) is 17.1. The van der Waals surface area contributed by atoms with Gasteiger partial charge in [0.25, 0.3) is 5.92 Å². The van der Waals surface area contributed by atoms with Gasteiger partial charge < -0.3 is 0 Å². The second kappa shape index (κ2) is 6.50. The smallest absolute Gasteiger partial charge is 0.281 e. The second-order valence-corrected chi connectivity index (χ2v) is 6.17. The van der Waals surface area contributed by atoms with Crippen LogP contribution in [-0.2, 0) is 17.8 Å². The van der Waals surface area contributed by atoms with E-state index in [1.54, 1.807) is 0 Å². The first-order valence-electron chi connectivity index (χ1n) is 7.07. The van der Waals surface area contributed by atoms with Gasteiger partial charge in [0.15, 0.2) is 0 Å². The second-order valence-electron chi connectivity index (χ2n) is 5.80. The van der Waals surface area contributed by atoms with E-state index in [1.807, 2.05) is 18.7 Å². The van der Waals surface area contributed by atoms with Crippen LogP contribution < -0.4 is 0 Å². The molecule has 1 aromatic carbocycles. The highest BCUT2D eigenvalue weighted by Crippen LogP contribution is 2.42. The van der Waals surface area contributed by atoms with Crippen LogP contribution in [-0.4, -0.2) is 34.0 Å². The first-order chi connectivity index (χ1) is 10.3. The number of thiol groups is 1. The Balaban J connectivity index is 2.31. The summed E-state index contributed by atoms with van der Waals surface area (Å²) in [5.41, 5.74) is -0.527. The van der Waals surface area contributed by atoms with E-state index in [9.17, 15) is 17.4 Å². The summed E-state index contributed by atoms with van der Waals surface area (Å²) in [5, 5.41) is 0. The average Bonchev–Trinajstić information content (AvgIpc) is 2.36. The molecule has 0 unspecified atom stereocenters. The fourth-order valence-corrected chi connectivity index (χ4v) is 2.80. The number of nitrogens with zero attached hydrogens (tertiary/aromatic N) is 2. The molecule has 0 saturated carbocycles. The van der Waals surface area contributed by atoms with Crippen LogP contribution in [0.25, 0.3) is 0 Å². The lowest BCUT2D eigenvalue weighted by Crippen LogP contribution is -2.56. The van der Waals surface area contributed by atoms with Gasteiger partial charge in [-0.15, -0.1) is 0 Å². The van der Waals surface area contributed by atoms with Crippen LogP contribution in [0.15, 0.2) is 22.6 Å². The van der Waals surface area contributed by atoms with Gasteiger partial charge in [-0.05, 0) is 20.8 Å². The van der Waals surface area contributed by atoms with E-state index in [2.05, 4.69) is 4.40 Å². The molecule has 0 spiro atoms. The number of benzene rings is 1. The van der Waals surface area contributed by atoms with Crippen LogP contribution in [0.3, 0.4) is 0 Å². The SMILES string of the molecule is C/C(=N/[SH]=O)c1cccc(C(F)(F)C2CN(C(C)C)C2)c1F. The molecule has 0 aromatic heterocycles. The zero-order valence-corrected chi connectivity index (χ0v) is 13.6. The molecule has 1 saturated heterocycles. The molecule has 0 amide bonds. The van der Waals surface area contributed by atoms with Crippen molar-refractivity contribution in [3.05, 3.63) is 35.1 Å². The molecule has 1 aliphatic heterocycles. The van der Waals surface area contributed by atoms with Crippen molar-refractivity contribution in [2.45, 2.75) is 32.7 Å². The third-order valence-corrected chi connectivity index (χ3v) is 4.47. The molecule has 1 heterocycles. The van der Waals surface area contributed by atoms with Gasteiger partial charge in [-0.3, -0.25) is 4.90 Å². The fourth-order valence-electron chi connectivity index (χ4n) is 2.57. The van der Waals surface area contributed by atoms with Crippen molar-refractivity contribution in [3.63, 3.8) is 0 Å². The molecule has 7 heteroatoms. The summed E-state index contributed by atoms with van der Waals surface area (Å²) in [6.07, 6.45) is 0. The maximum atomic E-state index is 14.6. The molecule has 1 aromatic rings. The minimum Gasteiger partial charge on any atom is -0.300 e. The number of hydrogen-bond donors (Lipinski definition) is 1. The highest BCUT2D eigenvalue weighted by Gasteiger charge is 2.49. The van der Waals surface area contributed by atoms with Crippen LogP contribution in [0.2, 0.25) is 0 Å². The van der Waals surface area contributed by atoms with E-state index in [4.69, 9.17) is 0 Å². The average molecular weight is 332 g/mol. The number of hydrogen-bond acceptors (Lipinski definition) is 2. The lowest BCUT2D eigenvalue weighted by molar-refractivity contribution is -0.132. The van der Waals surface area contributed by atoms with Gasteiger partial charge >= 0.3 is 0 Å². The topological polar surface area (TPSA) is 32.7 Å². The van der Waals surface area contributed by atoms with E-state index < -0.39 is 35.1 Å². The fraction of sp³-hybridized carbons (Fsp3) is 0.533. The molecule has 3 nitrogen and oxygen atoms in total. The van der Waals surface area contributed by atoms with Crippen molar-refractivity contribution < 1.29 is 17.4 Å². The molecule has 0 bridgehead atoms. The van der Waals surface area contributed by atoms with E-state index >= 15 is 0 Å². The van der Waals surface area contributed by atoms with Gasteiger partial charge in [0.1, 0.15) is 17.7 Å². The molecule has 0 aliphatic carbocycles. The third kappa shape index (κ3) is 3.10. The molecule has 0 N–H and O–H groups in total. The van der Waals surface area contributed by atoms with Gasteiger partial charge in [-0.2, -0.15) is 4.40 Å². The third-order valence-electron chi connectivity index (χ3n) is 4.09. The Labute approximate surface area is 131 Å². The Morgan fingerprint density at radius 1 is 1.41 bits per heavy atom. The minimum absolute atomic E-state index is 0.0411. The van der Waals surface area contributed by atoms with Gasteiger partial charge in [-0.25, -0.2) is 17.4 Å². The molecule has 122 valence electrons. The van der Waals surface area contributed by atoms with Crippen molar-refractivity contribution in [1.82, 2.24) is 4.90 Å². The van der Waals surface area contributed by atoms with Crippen molar-refractivity contribution in [2.75, 3.05) is 13.1 Å². The molecular formula is C15H19F3N2OS. The highest BCUT2D eigenvalue weighted by atomic mass is 32.2. The molecule has 0 radical (unpaired) electrons. The maximum Gasteiger partial charge on any atom is 0.281 e. The van der Waals surface area contributed by atoms with Gasteiger partial charge in [0.2, 0.25) is 0 Å². The Morgan fingerprint density at radius 2 is 2.05 bits per heavy atom. The van der Waals surface area contributed by atoms with Crippen molar-refractivity contribution in [1.29, 1.82) is 0 Å². The quantitative estimate of drug-likeness (QED) is 0.664.